The van der Waals surface area contributed by atoms with Crippen molar-refractivity contribution >= 4 is 5.91 Å². The van der Waals surface area contributed by atoms with E-state index in [4.69, 9.17) is 4.42 Å². The van der Waals surface area contributed by atoms with E-state index < -0.39 is 0 Å². The number of carbonyl (C=O) groups is 1. The number of benzene rings is 1. The average molecular weight is 320 g/mol. The van der Waals surface area contributed by atoms with E-state index >= 15 is 0 Å². The van der Waals surface area contributed by atoms with Gasteiger partial charge in [-0.1, -0.05) is 36.4 Å². The first-order chi connectivity index (χ1) is 11.8. The maximum Gasteiger partial charge on any atom is 0.223 e. The Labute approximate surface area is 141 Å². The van der Waals surface area contributed by atoms with Crippen LogP contribution in [0.5, 0.6) is 0 Å². The molecule has 0 saturated heterocycles. The van der Waals surface area contributed by atoms with Gasteiger partial charge in [-0.3, -0.25) is 9.78 Å². The van der Waals surface area contributed by atoms with Crippen LogP contribution in [0.1, 0.15) is 23.3 Å². The molecule has 122 valence electrons. The maximum atomic E-state index is 12.7. The molecule has 2 aromatic heterocycles. The van der Waals surface area contributed by atoms with Gasteiger partial charge in [-0.15, -0.1) is 0 Å². The Kier molecular flexibility index (Phi) is 5.40. The van der Waals surface area contributed by atoms with E-state index in [0.29, 0.717) is 19.5 Å². The number of nitrogens with zero attached hydrogens (tertiary/aromatic N) is 2. The lowest BCUT2D eigenvalue weighted by molar-refractivity contribution is -0.132. The summed E-state index contributed by atoms with van der Waals surface area (Å²) >= 11 is 0. The minimum atomic E-state index is 0.110. The second-order valence-electron chi connectivity index (χ2n) is 5.68. The number of hydrogen-bond acceptors (Lipinski definition) is 3. The zero-order chi connectivity index (χ0) is 16.6. The Balaban J connectivity index is 1.67. The highest BCUT2D eigenvalue weighted by Gasteiger charge is 2.16. The van der Waals surface area contributed by atoms with Crippen LogP contribution in [0.3, 0.4) is 0 Å². The third kappa shape index (κ3) is 4.56. The molecule has 0 aliphatic carbocycles. The molecule has 0 atom stereocenters. The molecule has 0 aliphatic rings. The number of amides is 1. The highest BCUT2D eigenvalue weighted by molar-refractivity contribution is 5.76. The molecule has 24 heavy (non-hydrogen) atoms. The summed E-state index contributed by atoms with van der Waals surface area (Å²) in [6.45, 7) is 0.998. The molecular weight excluding hydrogens is 300 g/mol. The Morgan fingerprint density at radius 2 is 1.79 bits per heavy atom. The van der Waals surface area contributed by atoms with E-state index in [9.17, 15) is 4.79 Å². The van der Waals surface area contributed by atoms with Crippen LogP contribution in [0.4, 0.5) is 0 Å². The molecule has 2 heterocycles. The van der Waals surface area contributed by atoms with Crippen LogP contribution in [0.15, 0.2) is 77.7 Å². The van der Waals surface area contributed by atoms with Crippen LogP contribution in [0.2, 0.25) is 0 Å². The van der Waals surface area contributed by atoms with Gasteiger partial charge in [0.25, 0.3) is 0 Å². The first-order valence-electron chi connectivity index (χ1n) is 8.04. The topological polar surface area (TPSA) is 46.3 Å². The molecule has 1 aromatic carbocycles. The van der Waals surface area contributed by atoms with Gasteiger partial charge in [0.15, 0.2) is 0 Å². The molecule has 0 unspecified atom stereocenters. The lowest BCUT2D eigenvalue weighted by atomic mass is 10.1. The lowest BCUT2D eigenvalue weighted by Gasteiger charge is -2.22. The third-order valence-corrected chi connectivity index (χ3v) is 3.85. The van der Waals surface area contributed by atoms with Crippen LogP contribution >= 0.6 is 0 Å². The number of pyridine rings is 1. The minimum Gasteiger partial charge on any atom is -0.467 e. The van der Waals surface area contributed by atoms with Gasteiger partial charge in [-0.2, -0.15) is 0 Å². The number of rotatable bonds is 7. The molecule has 0 radical (unpaired) electrons. The summed E-state index contributed by atoms with van der Waals surface area (Å²) in [6.07, 6.45) is 6.37. The van der Waals surface area contributed by atoms with Crippen molar-refractivity contribution in [2.75, 3.05) is 0 Å². The van der Waals surface area contributed by atoms with Gasteiger partial charge < -0.3 is 9.32 Å². The van der Waals surface area contributed by atoms with Crippen LogP contribution in [0, 0.1) is 0 Å². The van der Waals surface area contributed by atoms with Crippen molar-refractivity contribution in [2.24, 2.45) is 0 Å². The summed E-state index contributed by atoms with van der Waals surface area (Å²) in [5.74, 6) is 0.894. The van der Waals surface area contributed by atoms with Gasteiger partial charge in [-0.05, 0) is 35.7 Å². The van der Waals surface area contributed by atoms with Crippen molar-refractivity contribution in [3.05, 3.63) is 90.1 Å². The summed E-state index contributed by atoms with van der Waals surface area (Å²) in [5, 5.41) is 0. The number of aromatic nitrogens is 1. The van der Waals surface area contributed by atoms with Gasteiger partial charge in [-0.25, -0.2) is 0 Å². The Hall–Kier alpha value is -2.88. The molecule has 3 rings (SSSR count). The smallest absolute Gasteiger partial charge is 0.223 e. The average Bonchev–Trinajstić information content (AvgIpc) is 3.14. The fourth-order valence-electron chi connectivity index (χ4n) is 2.59. The van der Waals surface area contributed by atoms with Crippen LogP contribution in [-0.4, -0.2) is 15.8 Å². The Morgan fingerprint density at radius 1 is 0.958 bits per heavy atom. The molecular formula is C20H20N2O2. The number of hydrogen-bond donors (Lipinski definition) is 0. The first kappa shape index (κ1) is 16.0. The van der Waals surface area contributed by atoms with Crippen molar-refractivity contribution in [3.8, 4) is 0 Å². The van der Waals surface area contributed by atoms with E-state index in [-0.39, 0.29) is 5.91 Å². The van der Waals surface area contributed by atoms with E-state index in [1.165, 1.54) is 5.56 Å². The molecule has 1 amide bonds. The summed E-state index contributed by atoms with van der Waals surface area (Å²) in [6, 6.07) is 17.7. The summed E-state index contributed by atoms with van der Waals surface area (Å²) in [5.41, 5.74) is 2.18. The van der Waals surface area contributed by atoms with Gasteiger partial charge in [0.1, 0.15) is 5.76 Å². The molecule has 0 bridgehead atoms. The van der Waals surface area contributed by atoms with Crippen molar-refractivity contribution in [3.63, 3.8) is 0 Å². The predicted molar refractivity (Wildman–Crippen MR) is 92.0 cm³/mol. The quantitative estimate of drug-likeness (QED) is 0.664. The summed E-state index contributed by atoms with van der Waals surface area (Å²) in [4.78, 5) is 18.7. The normalized spacial score (nSPS) is 10.5. The van der Waals surface area contributed by atoms with E-state index in [2.05, 4.69) is 4.98 Å². The SMILES string of the molecule is O=C(CCc1ccccc1)N(Cc1cccnc1)Cc1ccco1. The highest BCUT2D eigenvalue weighted by atomic mass is 16.3. The Morgan fingerprint density at radius 3 is 2.50 bits per heavy atom. The zero-order valence-corrected chi connectivity index (χ0v) is 13.5. The van der Waals surface area contributed by atoms with Crippen LogP contribution in [-0.2, 0) is 24.3 Å². The van der Waals surface area contributed by atoms with Gasteiger partial charge in [0, 0.05) is 25.4 Å². The van der Waals surface area contributed by atoms with Crippen molar-refractivity contribution in [1.82, 2.24) is 9.88 Å². The number of furan rings is 1. The standard InChI is InChI=1S/C20H20N2O2/c23-20(11-10-17-6-2-1-3-7-17)22(16-19-9-5-13-24-19)15-18-8-4-12-21-14-18/h1-9,12-14H,10-11,15-16H2. The predicted octanol–water partition coefficient (Wildman–Crippen LogP) is 3.84. The third-order valence-electron chi connectivity index (χ3n) is 3.85. The van der Waals surface area contributed by atoms with Crippen molar-refractivity contribution in [2.45, 2.75) is 25.9 Å². The number of aryl methyl sites for hydroxylation is 1. The highest BCUT2D eigenvalue weighted by Crippen LogP contribution is 2.13. The molecule has 0 saturated carbocycles. The zero-order valence-electron chi connectivity index (χ0n) is 13.5. The molecule has 0 spiro atoms. The lowest BCUT2D eigenvalue weighted by Crippen LogP contribution is -2.30. The minimum absolute atomic E-state index is 0.110. The van der Waals surface area contributed by atoms with Crippen LogP contribution in [0.25, 0.3) is 0 Å². The van der Waals surface area contributed by atoms with Gasteiger partial charge >= 0.3 is 0 Å². The first-order valence-corrected chi connectivity index (χ1v) is 8.04. The number of carbonyl (C=O) groups excluding carboxylic acids is 1. The van der Waals surface area contributed by atoms with Crippen molar-refractivity contribution < 1.29 is 9.21 Å². The second kappa shape index (κ2) is 8.11. The fourth-order valence-corrected chi connectivity index (χ4v) is 2.59. The van der Waals surface area contributed by atoms with E-state index in [0.717, 1.165) is 17.7 Å². The van der Waals surface area contributed by atoms with Gasteiger partial charge in [0.05, 0.1) is 12.8 Å². The summed E-state index contributed by atoms with van der Waals surface area (Å²) in [7, 11) is 0. The maximum absolute atomic E-state index is 12.7. The summed E-state index contributed by atoms with van der Waals surface area (Å²) < 4.78 is 5.41. The Bertz CT molecular complexity index is 740. The van der Waals surface area contributed by atoms with E-state index in [1.54, 1.807) is 18.7 Å². The van der Waals surface area contributed by atoms with E-state index in [1.807, 2.05) is 59.5 Å². The monoisotopic (exact) mass is 320 g/mol. The molecule has 4 nitrogen and oxygen atoms in total. The molecule has 0 fully saturated rings. The largest absolute Gasteiger partial charge is 0.467 e. The van der Waals surface area contributed by atoms with Gasteiger partial charge in [0.2, 0.25) is 5.91 Å². The molecule has 4 heteroatoms. The van der Waals surface area contributed by atoms with Crippen molar-refractivity contribution in [1.29, 1.82) is 0 Å². The molecule has 0 aliphatic heterocycles. The molecule has 0 N–H and O–H groups in total. The van der Waals surface area contributed by atoms with Crippen LogP contribution < -0.4 is 0 Å². The second-order valence-corrected chi connectivity index (χ2v) is 5.68. The fraction of sp³-hybridized carbons (Fsp3) is 0.200. The molecule has 3 aromatic rings.